The number of hydrogen-bond acceptors (Lipinski definition) is 6. The minimum absolute atomic E-state index is 0.216. The number of ether oxygens (including phenoxy) is 1. The molecule has 1 spiro atoms. The van der Waals surface area contributed by atoms with Crippen molar-refractivity contribution >= 4 is 40.3 Å². The number of amides is 3. The van der Waals surface area contributed by atoms with E-state index in [1.54, 1.807) is 4.90 Å². The van der Waals surface area contributed by atoms with Crippen LogP contribution >= 0.6 is 11.8 Å². The van der Waals surface area contributed by atoms with Gasteiger partial charge in [-0.1, -0.05) is 30.3 Å². The molecular weight excluding hydrogens is 416 g/mol. The van der Waals surface area contributed by atoms with Crippen molar-refractivity contribution in [1.82, 2.24) is 10.3 Å². The first-order valence-corrected chi connectivity index (χ1v) is 10.7. The summed E-state index contributed by atoms with van der Waals surface area (Å²) in [6, 6.07) is 14.9. The fourth-order valence-corrected chi connectivity index (χ4v) is 5.09. The standard InChI is InChI=1S/C22H22N4O4S/c1-4-30-17-11-9-16(10-12-17)13-25-19-8-6-5-7-18(19)22(20(25)29)26(15(3)28)24-21(31-22)23-14(2)27/h5-12H,4,13H2,1-3H3,(H,23,24,27)/t22-/m1/s1. The first-order valence-electron chi connectivity index (χ1n) is 9.86. The van der Waals surface area contributed by atoms with Gasteiger partial charge in [0.2, 0.25) is 16.7 Å². The smallest absolute Gasteiger partial charge is 0.271 e. The van der Waals surface area contributed by atoms with Gasteiger partial charge in [0.15, 0.2) is 5.17 Å². The van der Waals surface area contributed by atoms with Crippen LogP contribution in [0.25, 0.3) is 0 Å². The van der Waals surface area contributed by atoms with E-state index in [9.17, 15) is 14.4 Å². The topological polar surface area (TPSA) is 91.3 Å². The lowest BCUT2D eigenvalue weighted by molar-refractivity contribution is -0.139. The molecule has 2 aromatic rings. The minimum atomic E-state index is -1.38. The Labute approximate surface area is 184 Å². The van der Waals surface area contributed by atoms with Crippen molar-refractivity contribution in [2.45, 2.75) is 32.2 Å². The second-order valence-electron chi connectivity index (χ2n) is 7.15. The van der Waals surface area contributed by atoms with Crippen LogP contribution in [-0.2, 0) is 25.8 Å². The van der Waals surface area contributed by atoms with E-state index >= 15 is 0 Å². The molecule has 0 saturated heterocycles. The van der Waals surface area contributed by atoms with Gasteiger partial charge >= 0.3 is 0 Å². The van der Waals surface area contributed by atoms with Crippen LogP contribution in [0.1, 0.15) is 31.9 Å². The molecule has 2 heterocycles. The Morgan fingerprint density at radius 2 is 1.84 bits per heavy atom. The van der Waals surface area contributed by atoms with Crippen LogP contribution < -0.4 is 15.0 Å². The Kier molecular flexibility index (Phi) is 5.45. The summed E-state index contributed by atoms with van der Waals surface area (Å²) in [4.78, 5) is 38.1. The fourth-order valence-electron chi connectivity index (χ4n) is 3.76. The SMILES string of the molecule is CCOc1ccc(CN2C(=O)[C@]3(SC(NC(C)=O)=NN3C(C)=O)c3ccccc32)cc1. The number of para-hydroxylation sites is 1. The second-order valence-corrected chi connectivity index (χ2v) is 8.33. The average molecular weight is 439 g/mol. The van der Waals surface area contributed by atoms with Crippen molar-refractivity contribution in [1.29, 1.82) is 0 Å². The summed E-state index contributed by atoms with van der Waals surface area (Å²) >= 11 is 1.07. The summed E-state index contributed by atoms with van der Waals surface area (Å²) in [5, 5.41) is 8.25. The summed E-state index contributed by atoms with van der Waals surface area (Å²) in [6.45, 7) is 5.53. The zero-order valence-corrected chi connectivity index (χ0v) is 18.2. The van der Waals surface area contributed by atoms with Gasteiger partial charge in [0.25, 0.3) is 5.91 Å². The number of hydrazone groups is 1. The van der Waals surface area contributed by atoms with Crippen molar-refractivity contribution in [2.24, 2.45) is 5.10 Å². The number of fused-ring (bicyclic) bond motifs is 2. The molecule has 1 N–H and O–H groups in total. The molecule has 0 fully saturated rings. The second kappa shape index (κ2) is 8.07. The van der Waals surface area contributed by atoms with Gasteiger partial charge in [0.1, 0.15) is 5.75 Å². The lowest BCUT2D eigenvalue weighted by atomic mass is 10.1. The number of nitrogens with zero attached hydrogens (tertiary/aromatic N) is 3. The highest BCUT2D eigenvalue weighted by molar-refractivity contribution is 8.15. The van der Waals surface area contributed by atoms with E-state index in [1.807, 2.05) is 55.5 Å². The highest BCUT2D eigenvalue weighted by atomic mass is 32.2. The van der Waals surface area contributed by atoms with E-state index in [4.69, 9.17) is 4.74 Å². The van der Waals surface area contributed by atoms with E-state index in [-0.39, 0.29) is 22.9 Å². The fraction of sp³-hybridized carbons (Fsp3) is 0.273. The van der Waals surface area contributed by atoms with Crippen LogP contribution in [0.3, 0.4) is 0 Å². The Morgan fingerprint density at radius 1 is 1.13 bits per heavy atom. The molecule has 0 aliphatic carbocycles. The maximum absolute atomic E-state index is 13.8. The van der Waals surface area contributed by atoms with Gasteiger partial charge in [-0.05, 0) is 42.4 Å². The Bertz CT molecular complexity index is 1090. The van der Waals surface area contributed by atoms with E-state index in [0.717, 1.165) is 23.1 Å². The van der Waals surface area contributed by atoms with Gasteiger partial charge in [-0.3, -0.25) is 14.4 Å². The van der Waals surface area contributed by atoms with Crippen LogP contribution in [0.4, 0.5) is 5.69 Å². The van der Waals surface area contributed by atoms with Crippen molar-refractivity contribution < 1.29 is 19.1 Å². The maximum atomic E-state index is 13.8. The number of hydrogen-bond donors (Lipinski definition) is 1. The van der Waals surface area contributed by atoms with E-state index in [0.29, 0.717) is 24.4 Å². The van der Waals surface area contributed by atoms with E-state index < -0.39 is 4.87 Å². The van der Waals surface area contributed by atoms with Crippen LogP contribution in [-0.4, -0.2) is 34.5 Å². The molecular formula is C22H22N4O4S. The molecule has 4 rings (SSSR count). The largest absolute Gasteiger partial charge is 0.494 e. The third kappa shape index (κ3) is 3.54. The van der Waals surface area contributed by atoms with Gasteiger partial charge in [-0.2, -0.15) is 5.01 Å². The molecule has 0 unspecified atom stereocenters. The molecule has 31 heavy (non-hydrogen) atoms. The maximum Gasteiger partial charge on any atom is 0.271 e. The highest BCUT2D eigenvalue weighted by Crippen LogP contribution is 2.54. The van der Waals surface area contributed by atoms with Gasteiger partial charge in [-0.25, -0.2) is 0 Å². The molecule has 2 aromatic carbocycles. The minimum Gasteiger partial charge on any atom is -0.494 e. The zero-order chi connectivity index (χ0) is 22.2. The summed E-state index contributed by atoms with van der Waals surface area (Å²) in [7, 11) is 0. The number of thioether (sulfide) groups is 1. The van der Waals surface area contributed by atoms with E-state index in [2.05, 4.69) is 10.4 Å². The number of carbonyl (C=O) groups excluding carboxylic acids is 3. The number of nitrogens with one attached hydrogen (secondary N) is 1. The lowest BCUT2D eigenvalue weighted by Gasteiger charge is -2.29. The van der Waals surface area contributed by atoms with Crippen molar-refractivity contribution in [3.8, 4) is 5.75 Å². The molecule has 9 heteroatoms. The van der Waals surface area contributed by atoms with Gasteiger partial charge < -0.3 is 15.0 Å². The molecule has 1 atom stereocenters. The molecule has 0 radical (unpaired) electrons. The van der Waals surface area contributed by atoms with Crippen LogP contribution in [0.2, 0.25) is 0 Å². The molecule has 2 aliphatic rings. The third-order valence-corrected chi connectivity index (χ3v) is 6.22. The number of amidine groups is 1. The lowest BCUT2D eigenvalue weighted by Crippen LogP contribution is -2.48. The summed E-state index contributed by atoms with van der Waals surface area (Å²) in [5.41, 5.74) is 2.29. The first kappa shape index (κ1) is 20.9. The molecule has 0 bridgehead atoms. The average Bonchev–Trinajstić information content (AvgIpc) is 3.22. The number of benzene rings is 2. The van der Waals surface area contributed by atoms with Gasteiger partial charge in [0.05, 0.1) is 18.8 Å². The third-order valence-electron chi connectivity index (χ3n) is 4.98. The molecule has 8 nitrogen and oxygen atoms in total. The Balaban J connectivity index is 1.72. The van der Waals surface area contributed by atoms with Crippen molar-refractivity contribution in [3.05, 3.63) is 59.7 Å². The summed E-state index contributed by atoms with van der Waals surface area (Å²) < 4.78 is 5.49. The number of anilines is 1. The van der Waals surface area contributed by atoms with Gasteiger partial charge in [-0.15, -0.1) is 5.10 Å². The Hall–Kier alpha value is -3.33. The first-order chi connectivity index (χ1) is 14.9. The number of carbonyl (C=O) groups is 3. The zero-order valence-electron chi connectivity index (χ0n) is 17.4. The van der Waals surface area contributed by atoms with Crippen LogP contribution in [0, 0.1) is 0 Å². The molecule has 0 aromatic heterocycles. The Morgan fingerprint density at radius 3 is 2.48 bits per heavy atom. The van der Waals surface area contributed by atoms with Crippen LogP contribution in [0.15, 0.2) is 53.6 Å². The van der Waals surface area contributed by atoms with Gasteiger partial charge in [0, 0.05) is 19.4 Å². The monoisotopic (exact) mass is 438 g/mol. The molecule has 0 saturated carbocycles. The number of rotatable bonds is 4. The van der Waals surface area contributed by atoms with E-state index in [1.165, 1.54) is 18.9 Å². The normalized spacial score (nSPS) is 19.5. The quantitative estimate of drug-likeness (QED) is 0.793. The summed E-state index contributed by atoms with van der Waals surface area (Å²) in [5.74, 6) is -0.235. The summed E-state index contributed by atoms with van der Waals surface area (Å²) in [6.07, 6.45) is 0. The van der Waals surface area contributed by atoms with Crippen molar-refractivity contribution in [2.75, 3.05) is 11.5 Å². The molecule has 160 valence electrons. The highest BCUT2D eigenvalue weighted by Gasteiger charge is 2.61. The molecule has 2 aliphatic heterocycles. The van der Waals surface area contributed by atoms with Crippen LogP contribution in [0.5, 0.6) is 5.75 Å². The predicted octanol–water partition coefficient (Wildman–Crippen LogP) is 2.79. The van der Waals surface area contributed by atoms with Crippen molar-refractivity contribution in [3.63, 3.8) is 0 Å². The molecule has 3 amide bonds. The predicted molar refractivity (Wildman–Crippen MR) is 118 cm³/mol.